The van der Waals surface area contributed by atoms with Gasteiger partial charge in [0, 0.05) is 13.1 Å². The van der Waals surface area contributed by atoms with Crippen molar-refractivity contribution >= 4 is 21.7 Å². The smallest absolute Gasteiger partial charge is 0.227 e. The lowest BCUT2D eigenvalue weighted by atomic mass is 10.3. The van der Waals surface area contributed by atoms with Crippen molar-refractivity contribution in [2.45, 2.75) is 19.8 Å². The normalized spacial score (nSPS) is 11.1. The van der Waals surface area contributed by atoms with Crippen molar-refractivity contribution in [1.29, 1.82) is 0 Å². The molecule has 88 valence electrons. The molecule has 0 heterocycles. The number of hydrogen-bond donors (Lipinski definition) is 2. The summed E-state index contributed by atoms with van der Waals surface area (Å²) in [4.78, 5) is 21.5. The Kier molecular flexibility index (Phi) is 6.11. The second-order valence-corrected chi connectivity index (χ2v) is 5.08. The van der Waals surface area contributed by atoms with Crippen molar-refractivity contribution < 1.29 is 18.0 Å². The van der Waals surface area contributed by atoms with Gasteiger partial charge in [0.2, 0.25) is 15.9 Å². The molecule has 0 rings (SSSR count). The maximum atomic E-state index is 10.9. The van der Waals surface area contributed by atoms with E-state index in [4.69, 9.17) is 0 Å². The lowest BCUT2D eigenvalue weighted by Gasteiger charge is -2.04. The predicted molar refractivity (Wildman–Crippen MR) is 55.8 cm³/mol. The predicted octanol–water partition coefficient (Wildman–Crippen LogP) is -0.979. The van der Waals surface area contributed by atoms with Gasteiger partial charge in [0.1, 0.15) is 5.78 Å². The molecule has 0 aromatic heterocycles. The molecule has 0 aromatic rings. The molecule has 0 spiro atoms. The number of carbonyl (C=O) groups is 2. The molecule has 0 aliphatic rings. The van der Waals surface area contributed by atoms with Crippen molar-refractivity contribution in [3.63, 3.8) is 0 Å². The van der Waals surface area contributed by atoms with Crippen LogP contribution < -0.4 is 10.0 Å². The van der Waals surface area contributed by atoms with Crippen molar-refractivity contribution in [3.8, 4) is 0 Å². The number of amides is 1. The summed E-state index contributed by atoms with van der Waals surface area (Å²) in [6.45, 7) is 1.97. The van der Waals surface area contributed by atoms with Gasteiger partial charge < -0.3 is 5.32 Å². The van der Waals surface area contributed by atoms with Crippen LogP contribution in [-0.4, -0.2) is 39.5 Å². The molecule has 0 radical (unpaired) electrons. The van der Waals surface area contributed by atoms with Gasteiger partial charge in [-0.1, -0.05) is 0 Å². The number of nitrogens with one attached hydrogen (secondary N) is 2. The third kappa shape index (κ3) is 11.0. The van der Waals surface area contributed by atoms with Crippen LogP contribution in [0.3, 0.4) is 0 Å². The van der Waals surface area contributed by atoms with Crippen LogP contribution in [0.4, 0.5) is 0 Å². The number of carbonyl (C=O) groups excluding carboxylic acids is 2. The Bertz CT molecular complexity index is 324. The van der Waals surface area contributed by atoms with Crippen LogP contribution in [0.5, 0.6) is 0 Å². The lowest BCUT2D eigenvalue weighted by molar-refractivity contribution is -0.127. The van der Waals surface area contributed by atoms with Gasteiger partial charge in [0.25, 0.3) is 0 Å². The van der Waals surface area contributed by atoms with E-state index in [1.165, 1.54) is 6.92 Å². The van der Waals surface area contributed by atoms with Crippen LogP contribution in [-0.2, 0) is 19.6 Å². The first-order chi connectivity index (χ1) is 6.81. The van der Waals surface area contributed by atoms with Crippen LogP contribution in [0.15, 0.2) is 0 Å². The summed E-state index contributed by atoms with van der Waals surface area (Å²) < 4.78 is 23.6. The molecule has 1 amide bonds. The number of hydrogen-bond acceptors (Lipinski definition) is 4. The topological polar surface area (TPSA) is 92.3 Å². The molecule has 2 N–H and O–H groups in total. The molecule has 15 heavy (non-hydrogen) atoms. The summed E-state index contributed by atoms with van der Waals surface area (Å²) in [5.41, 5.74) is 0. The Balaban J connectivity index is 3.47. The molecule has 0 bridgehead atoms. The number of ketones is 1. The van der Waals surface area contributed by atoms with Gasteiger partial charge in [-0.15, -0.1) is 0 Å². The van der Waals surface area contributed by atoms with Gasteiger partial charge in [-0.2, -0.15) is 0 Å². The third-order valence-corrected chi connectivity index (χ3v) is 2.18. The fourth-order valence-corrected chi connectivity index (χ4v) is 1.38. The third-order valence-electron chi connectivity index (χ3n) is 1.45. The van der Waals surface area contributed by atoms with E-state index in [0.29, 0.717) is 13.0 Å². The Morgan fingerprint density at radius 1 is 1.20 bits per heavy atom. The zero-order valence-electron chi connectivity index (χ0n) is 8.87. The number of sulfonamides is 1. The highest BCUT2D eigenvalue weighted by atomic mass is 32.2. The average molecular weight is 236 g/mol. The summed E-state index contributed by atoms with van der Waals surface area (Å²) in [6, 6.07) is 0. The molecule has 0 fully saturated rings. The Labute approximate surface area is 89.5 Å². The summed E-state index contributed by atoms with van der Waals surface area (Å²) in [7, 11) is -3.16. The summed E-state index contributed by atoms with van der Waals surface area (Å²) in [6.07, 6.45) is 1.44. The van der Waals surface area contributed by atoms with Gasteiger partial charge >= 0.3 is 0 Å². The second kappa shape index (κ2) is 6.52. The van der Waals surface area contributed by atoms with E-state index in [0.717, 1.165) is 6.26 Å². The zero-order chi connectivity index (χ0) is 11.9. The van der Waals surface area contributed by atoms with Gasteiger partial charge in [0.15, 0.2) is 0 Å². The van der Waals surface area contributed by atoms with Gasteiger partial charge in [-0.05, 0) is 13.3 Å². The molecular formula is C8H16N2O4S. The van der Waals surface area contributed by atoms with Crippen molar-refractivity contribution in [3.05, 3.63) is 0 Å². The SMILES string of the molecule is CC(=O)CC(=O)NCCCNS(C)(=O)=O. The van der Waals surface area contributed by atoms with Gasteiger partial charge in [-0.25, -0.2) is 13.1 Å². The maximum absolute atomic E-state index is 10.9. The van der Waals surface area contributed by atoms with Gasteiger partial charge in [-0.3, -0.25) is 9.59 Å². The molecule has 0 aliphatic heterocycles. The summed E-state index contributed by atoms with van der Waals surface area (Å²) in [5.74, 6) is -0.524. The van der Waals surface area contributed by atoms with E-state index in [1.807, 2.05) is 0 Å². The van der Waals surface area contributed by atoms with E-state index < -0.39 is 10.0 Å². The first-order valence-corrected chi connectivity index (χ1v) is 6.41. The molecule has 0 aliphatic carbocycles. The first-order valence-electron chi connectivity index (χ1n) is 4.52. The highest BCUT2D eigenvalue weighted by Gasteiger charge is 2.04. The van der Waals surface area contributed by atoms with Crippen LogP contribution in [0.1, 0.15) is 19.8 Å². The van der Waals surface area contributed by atoms with E-state index in [9.17, 15) is 18.0 Å². The largest absolute Gasteiger partial charge is 0.356 e. The molecule has 7 heteroatoms. The fraction of sp³-hybridized carbons (Fsp3) is 0.750. The second-order valence-electron chi connectivity index (χ2n) is 3.25. The monoisotopic (exact) mass is 236 g/mol. The highest BCUT2D eigenvalue weighted by molar-refractivity contribution is 7.88. The first kappa shape index (κ1) is 14.1. The molecule has 0 atom stereocenters. The number of rotatable bonds is 7. The van der Waals surface area contributed by atoms with Crippen LogP contribution >= 0.6 is 0 Å². The summed E-state index contributed by atoms with van der Waals surface area (Å²) in [5, 5.41) is 2.51. The minimum absolute atomic E-state index is 0.125. The van der Waals surface area contributed by atoms with Crippen molar-refractivity contribution in [1.82, 2.24) is 10.0 Å². The van der Waals surface area contributed by atoms with Crippen LogP contribution in [0.2, 0.25) is 0 Å². The minimum Gasteiger partial charge on any atom is -0.356 e. The standard InChI is InChI=1S/C8H16N2O4S/c1-7(11)6-8(12)9-4-3-5-10-15(2,13)14/h10H,3-6H2,1-2H3,(H,9,12). The lowest BCUT2D eigenvalue weighted by Crippen LogP contribution is -2.30. The highest BCUT2D eigenvalue weighted by Crippen LogP contribution is 1.83. The molecule has 6 nitrogen and oxygen atoms in total. The van der Waals surface area contributed by atoms with Crippen LogP contribution in [0, 0.1) is 0 Å². The quantitative estimate of drug-likeness (QED) is 0.439. The van der Waals surface area contributed by atoms with E-state index in [-0.39, 0.29) is 24.7 Å². The number of Topliss-reactive ketones (excluding diaryl/α,β-unsaturated/α-hetero) is 1. The molecule has 0 aromatic carbocycles. The van der Waals surface area contributed by atoms with E-state index >= 15 is 0 Å². The maximum Gasteiger partial charge on any atom is 0.227 e. The van der Waals surface area contributed by atoms with Crippen LogP contribution in [0.25, 0.3) is 0 Å². The Morgan fingerprint density at radius 3 is 2.27 bits per heavy atom. The van der Waals surface area contributed by atoms with E-state index in [1.54, 1.807) is 0 Å². The van der Waals surface area contributed by atoms with Crippen molar-refractivity contribution in [2.24, 2.45) is 0 Å². The zero-order valence-corrected chi connectivity index (χ0v) is 9.69. The van der Waals surface area contributed by atoms with E-state index in [2.05, 4.69) is 10.0 Å². The molecule has 0 saturated heterocycles. The molecule has 0 saturated carbocycles. The Hall–Kier alpha value is -0.950. The average Bonchev–Trinajstić information content (AvgIpc) is 1.99. The minimum atomic E-state index is -3.16. The van der Waals surface area contributed by atoms with Crippen molar-refractivity contribution in [2.75, 3.05) is 19.3 Å². The van der Waals surface area contributed by atoms with Gasteiger partial charge in [0.05, 0.1) is 12.7 Å². The molecule has 0 unspecified atom stereocenters. The summed E-state index contributed by atoms with van der Waals surface area (Å²) >= 11 is 0. The fourth-order valence-electron chi connectivity index (χ4n) is 0.862. The Morgan fingerprint density at radius 2 is 1.80 bits per heavy atom. The molecular weight excluding hydrogens is 220 g/mol.